The number of hydrogen-bond donors (Lipinski definition) is 1. The first-order chi connectivity index (χ1) is 14.3. The summed E-state index contributed by atoms with van der Waals surface area (Å²) in [5.74, 6) is 0.637. The van der Waals surface area contributed by atoms with E-state index in [9.17, 15) is 4.79 Å². The molecule has 160 valence electrons. The van der Waals surface area contributed by atoms with E-state index in [1.807, 2.05) is 45.0 Å². The predicted molar refractivity (Wildman–Crippen MR) is 122 cm³/mol. The number of aromatic nitrogens is 2. The smallest absolute Gasteiger partial charge is 0.272 e. The van der Waals surface area contributed by atoms with Crippen LogP contribution in [0.25, 0.3) is 11.1 Å². The zero-order chi connectivity index (χ0) is 21.7. The van der Waals surface area contributed by atoms with Crippen LogP contribution < -0.4 is 10.1 Å². The Bertz CT molecular complexity index is 948. The van der Waals surface area contributed by atoms with Gasteiger partial charge in [0, 0.05) is 21.7 Å². The molecular weight excluding hydrogens is 398 g/mol. The first-order valence-electron chi connectivity index (χ1n) is 10.6. The predicted octanol–water partition coefficient (Wildman–Crippen LogP) is 5.93. The van der Waals surface area contributed by atoms with E-state index in [1.165, 1.54) is 11.1 Å². The molecule has 1 aromatic heterocycles. The molecule has 1 aliphatic carbocycles. The van der Waals surface area contributed by atoms with E-state index < -0.39 is 0 Å². The number of amides is 1. The lowest BCUT2D eigenvalue weighted by atomic mass is 9.97. The highest BCUT2D eigenvalue weighted by atomic mass is 35.5. The van der Waals surface area contributed by atoms with E-state index in [0.29, 0.717) is 17.3 Å². The molecule has 0 aliphatic heterocycles. The fraction of sp³-hybridized carbons (Fsp3) is 0.458. The van der Waals surface area contributed by atoms with Crippen LogP contribution in [-0.4, -0.2) is 28.3 Å². The molecular formula is C24H30ClN3O2. The fourth-order valence-corrected chi connectivity index (χ4v) is 3.77. The summed E-state index contributed by atoms with van der Waals surface area (Å²) in [7, 11) is 0. The van der Waals surface area contributed by atoms with Crippen molar-refractivity contribution in [3.05, 3.63) is 52.3 Å². The van der Waals surface area contributed by atoms with Crippen LogP contribution in [-0.2, 0) is 0 Å². The Labute approximate surface area is 183 Å². The summed E-state index contributed by atoms with van der Waals surface area (Å²) < 4.78 is 6.06. The molecule has 0 atom stereocenters. The van der Waals surface area contributed by atoms with Crippen molar-refractivity contribution in [2.24, 2.45) is 0 Å². The highest BCUT2D eigenvalue weighted by molar-refractivity contribution is 6.30. The quantitative estimate of drug-likeness (QED) is 0.556. The van der Waals surface area contributed by atoms with Crippen molar-refractivity contribution < 1.29 is 9.53 Å². The van der Waals surface area contributed by atoms with Gasteiger partial charge in [0.15, 0.2) is 5.69 Å². The molecule has 0 unspecified atom stereocenters. The molecule has 0 spiro atoms. The van der Waals surface area contributed by atoms with Gasteiger partial charge in [-0.1, -0.05) is 24.9 Å². The van der Waals surface area contributed by atoms with Crippen LogP contribution >= 0.6 is 11.6 Å². The van der Waals surface area contributed by atoms with Gasteiger partial charge in [-0.15, -0.1) is 5.10 Å². The third-order valence-corrected chi connectivity index (χ3v) is 5.20. The Hall–Kier alpha value is -2.40. The van der Waals surface area contributed by atoms with Crippen molar-refractivity contribution in [1.29, 1.82) is 0 Å². The van der Waals surface area contributed by atoms with E-state index in [4.69, 9.17) is 16.3 Å². The Balaban J connectivity index is 1.98. The van der Waals surface area contributed by atoms with E-state index in [1.54, 1.807) is 6.20 Å². The van der Waals surface area contributed by atoms with Crippen molar-refractivity contribution in [2.75, 3.05) is 6.61 Å². The largest absolute Gasteiger partial charge is 0.493 e. The van der Waals surface area contributed by atoms with Crippen LogP contribution in [0.4, 0.5) is 0 Å². The second-order valence-corrected chi connectivity index (χ2v) is 9.12. The zero-order valence-corrected chi connectivity index (χ0v) is 19.0. The molecule has 1 heterocycles. The van der Waals surface area contributed by atoms with Gasteiger partial charge in [-0.05, 0) is 81.9 Å². The number of carbonyl (C=O) groups excluding carboxylic acids is 1. The minimum atomic E-state index is -0.335. The van der Waals surface area contributed by atoms with Crippen molar-refractivity contribution >= 4 is 28.7 Å². The highest BCUT2D eigenvalue weighted by Crippen LogP contribution is 2.43. The minimum Gasteiger partial charge on any atom is -0.493 e. The lowest BCUT2D eigenvalue weighted by molar-refractivity contribution is 0.0913. The molecule has 0 saturated carbocycles. The van der Waals surface area contributed by atoms with Gasteiger partial charge in [0.1, 0.15) is 5.75 Å². The monoisotopic (exact) mass is 427 g/mol. The van der Waals surface area contributed by atoms with Crippen LogP contribution in [0, 0.1) is 0 Å². The van der Waals surface area contributed by atoms with Gasteiger partial charge in [-0.25, -0.2) is 0 Å². The Morgan fingerprint density at radius 2 is 1.97 bits per heavy atom. The number of nitrogens with zero attached hydrogens (tertiary/aromatic N) is 2. The first kappa shape index (κ1) is 22.3. The van der Waals surface area contributed by atoms with Gasteiger partial charge in [-0.3, -0.25) is 4.79 Å². The maximum absolute atomic E-state index is 12.6. The normalized spacial score (nSPS) is 14.2. The Morgan fingerprint density at radius 3 is 2.70 bits per heavy atom. The van der Waals surface area contributed by atoms with Crippen LogP contribution in [0.5, 0.6) is 5.75 Å². The zero-order valence-electron chi connectivity index (χ0n) is 18.2. The summed E-state index contributed by atoms with van der Waals surface area (Å²) in [5.41, 5.74) is 4.33. The van der Waals surface area contributed by atoms with Crippen molar-refractivity contribution in [1.82, 2.24) is 15.5 Å². The van der Waals surface area contributed by atoms with E-state index >= 15 is 0 Å². The molecule has 2 aromatic rings. The molecule has 3 rings (SSSR count). The molecule has 0 fully saturated rings. The number of nitrogens with one attached hydrogen (secondary N) is 1. The fourth-order valence-electron chi connectivity index (χ4n) is 3.60. The first-order valence-corrected chi connectivity index (χ1v) is 11.0. The van der Waals surface area contributed by atoms with Crippen LogP contribution in [0.15, 0.2) is 30.5 Å². The Morgan fingerprint density at radius 1 is 1.20 bits per heavy atom. The van der Waals surface area contributed by atoms with E-state index in [0.717, 1.165) is 49.0 Å². The molecule has 5 nitrogen and oxygen atoms in total. The van der Waals surface area contributed by atoms with Gasteiger partial charge >= 0.3 is 0 Å². The van der Waals surface area contributed by atoms with E-state index in [-0.39, 0.29) is 11.4 Å². The number of unbranched alkanes of at least 4 members (excludes halogenated alkanes) is 1. The SMILES string of the molecule is CCCCOc1ccc(Cl)cc1C1=C(c2cnnc(C(=O)NC(C)(C)C)c2)CCC1. The number of halogens is 1. The summed E-state index contributed by atoms with van der Waals surface area (Å²) in [6.07, 6.45) is 6.72. The number of benzene rings is 1. The third-order valence-electron chi connectivity index (χ3n) is 4.96. The average molecular weight is 428 g/mol. The van der Waals surface area contributed by atoms with Gasteiger partial charge in [0.2, 0.25) is 0 Å². The lowest BCUT2D eigenvalue weighted by Crippen LogP contribution is -2.41. The molecule has 0 radical (unpaired) electrons. The molecule has 0 saturated heterocycles. The molecule has 30 heavy (non-hydrogen) atoms. The number of hydrogen-bond acceptors (Lipinski definition) is 4. The number of carbonyl (C=O) groups is 1. The Kier molecular flexibility index (Phi) is 7.14. The van der Waals surface area contributed by atoms with E-state index in [2.05, 4.69) is 22.4 Å². The third kappa shape index (κ3) is 5.60. The lowest BCUT2D eigenvalue weighted by Gasteiger charge is -2.20. The molecule has 1 aromatic carbocycles. The van der Waals surface area contributed by atoms with Gasteiger partial charge in [0.05, 0.1) is 12.8 Å². The van der Waals surface area contributed by atoms with Gasteiger partial charge in [0.25, 0.3) is 5.91 Å². The van der Waals surface area contributed by atoms with Crippen molar-refractivity contribution in [3.8, 4) is 5.75 Å². The summed E-state index contributed by atoms with van der Waals surface area (Å²) in [6, 6.07) is 7.62. The minimum absolute atomic E-state index is 0.219. The molecule has 1 N–H and O–H groups in total. The van der Waals surface area contributed by atoms with Crippen LogP contribution in [0.2, 0.25) is 5.02 Å². The topological polar surface area (TPSA) is 64.1 Å². The second kappa shape index (κ2) is 9.61. The summed E-state index contributed by atoms with van der Waals surface area (Å²) >= 11 is 6.33. The van der Waals surface area contributed by atoms with Gasteiger partial charge < -0.3 is 10.1 Å². The summed E-state index contributed by atoms with van der Waals surface area (Å²) in [5, 5.41) is 11.8. The molecule has 1 amide bonds. The second-order valence-electron chi connectivity index (χ2n) is 8.69. The number of allylic oxidation sites excluding steroid dienone is 2. The number of rotatable bonds is 7. The maximum atomic E-state index is 12.6. The number of ether oxygens (including phenoxy) is 1. The molecule has 6 heteroatoms. The molecule has 0 bridgehead atoms. The van der Waals surface area contributed by atoms with Crippen molar-refractivity contribution in [3.63, 3.8) is 0 Å². The maximum Gasteiger partial charge on any atom is 0.272 e. The van der Waals surface area contributed by atoms with Gasteiger partial charge in [-0.2, -0.15) is 5.10 Å². The summed E-state index contributed by atoms with van der Waals surface area (Å²) in [6.45, 7) is 8.66. The highest BCUT2D eigenvalue weighted by Gasteiger charge is 2.23. The average Bonchev–Trinajstić information content (AvgIpc) is 3.18. The molecule has 1 aliphatic rings. The summed E-state index contributed by atoms with van der Waals surface area (Å²) in [4.78, 5) is 12.6. The standard InChI is InChI=1S/C24H30ClN3O2/c1-5-6-12-30-22-11-10-17(25)14-20(22)19-9-7-8-18(19)16-13-21(28-26-15-16)23(29)27-24(2,3)4/h10-11,13-15H,5-9,12H2,1-4H3,(H,27,29). The van der Waals surface area contributed by atoms with Crippen LogP contribution in [0.1, 0.15) is 81.4 Å². The van der Waals surface area contributed by atoms with Crippen molar-refractivity contribution in [2.45, 2.75) is 65.3 Å². The van der Waals surface area contributed by atoms with Crippen LogP contribution in [0.3, 0.4) is 0 Å².